The average molecular weight is 338 g/mol. The molecule has 0 bridgehead atoms. The number of nitrogens with one attached hydrogen (secondary N) is 2. The Morgan fingerprint density at radius 2 is 2.05 bits per heavy atom. The smallest absolute Gasteiger partial charge is 0.208 e. The fourth-order valence-corrected chi connectivity index (χ4v) is 2.89. The Kier molecular flexibility index (Phi) is 6.17. The summed E-state index contributed by atoms with van der Waals surface area (Å²) in [5.41, 5.74) is 1.10. The summed E-state index contributed by atoms with van der Waals surface area (Å²) in [4.78, 5) is 4.34. The third-order valence-electron chi connectivity index (χ3n) is 2.63. The van der Waals surface area contributed by atoms with Gasteiger partial charge >= 0.3 is 0 Å². The van der Waals surface area contributed by atoms with Crippen molar-refractivity contribution in [2.75, 3.05) is 18.6 Å². The maximum absolute atomic E-state index is 10.9. The molecule has 0 saturated carbocycles. The van der Waals surface area contributed by atoms with Crippen molar-refractivity contribution >= 4 is 33.9 Å². The minimum atomic E-state index is -3.10. The number of H-pyrrole nitrogens is 1. The topological polar surface area (TPSA) is 87.7 Å². The van der Waals surface area contributed by atoms with Crippen LogP contribution in [0.5, 0.6) is 0 Å². The SMILES string of the molecule is CS(=O)(=O)NCCCSc1n[nH]c(C=Cc2ccccc2)n1. The van der Waals surface area contributed by atoms with E-state index in [1.165, 1.54) is 11.8 Å². The molecule has 0 amide bonds. The van der Waals surface area contributed by atoms with Crippen LogP contribution in [0.15, 0.2) is 35.5 Å². The number of sulfonamides is 1. The molecule has 2 aromatic rings. The second kappa shape index (κ2) is 8.11. The number of nitrogens with zero attached hydrogens (tertiary/aromatic N) is 2. The quantitative estimate of drug-likeness (QED) is 0.568. The van der Waals surface area contributed by atoms with Gasteiger partial charge in [-0.05, 0) is 18.1 Å². The Morgan fingerprint density at radius 3 is 2.77 bits per heavy atom. The molecule has 0 radical (unpaired) electrons. The van der Waals surface area contributed by atoms with Gasteiger partial charge < -0.3 is 0 Å². The molecule has 0 unspecified atom stereocenters. The Labute approximate surface area is 134 Å². The first kappa shape index (κ1) is 16.7. The largest absolute Gasteiger partial charge is 0.259 e. The lowest BCUT2D eigenvalue weighted by atomic mass is 10.2. The van der Waals surface area contributed by atoms with E-state index < -0.39 is 10.0 Å². The van der Waals surface area contributed by atoms with Gasteiger partial charge in [-0.15, -0.1) is 5.10 Å². The van der Waals surface area contributed by atoms with Crippen molar-refractivity contribution in [1.29, 1.82) is 0 Å². The van der Waals surface area contributed by atoms with Gasteiger partial charge in [-0.3, -0.25) is 5.10 Å². The number of thioether (sulfide) groups is 1. The predicted octanol–water partition coefficient (Wildman–Crippen LogP) is 2.01. The minimum Gasteiger partial charge on any atom is -0.259 e. The van der Waals surface area contributed by atoms with Crippen molar-refractivity contribution in [3.05, 3.63) is 41.7 Å². The molecule has 8 heteroatoms. The molecular formula is C14H18N4O2S2. The monoisotopic (exact) mass is 338 g/mol. The van der Waals surface area contributed by atoms with Crippen LogP contribution >= 0.6 is 11.8 Å². The molecule has 0 fully saturated rings. The van der Waals surface area contributed by atoms with Gasteiger partial charge in [0.05, 0.1) is 6.26 Å². The zero-order chi connectivity index (χ0) is 15.8. The number of aromatic nitrogens is 3. The van der Waals surface area contributed by atoms with Crippen molar-refractivity contribution in [3.63, 3.8) is 0 Å². The van der Waals surface area contributed by atoms with Gasteiger partial charge in [-0.2, -0.15) is 0 Å². The van der Waals surface area contributed by atoms with E-state index in [0.29, 0.717) is 17.5 Å². The van der Waals surface area contributed by atoms with Crippen LogP contribution in [-0.2, 0) is 10.0 Å². The molecule has 0 atom stereocenters. The van der Waals surface area contributed by atoms with E-state index in [9.17, 15) is 8.42 Å². The number of aromatic amines is 1. The summed E-state index contributed by atoms with van der Waals surface area (Å²) in [6, 6.07) is 9.95. The van der Waals surface area contributed by atoms with Gasteiger partial charge in [-0.1, -0.05) is 48.2 Å². The summed E-state index contributed by atoms with van der Waals surface area (Å²) >= 11 is 1.49. The fraction of sp³-hybridized carbons (Fsp3) is 0.286. The van der Waals surface area contributed by atoms with E-state index in [2.05, 4.69) is 19.9 Å². The van der Waals surface area contributed by atoms with E-state index in [0.717, 1.165) is 24.0 Å². The van der Waals surface area contributed by atoms with Crippen LogP contribution < -0.4 is 4.72 Å². The Morgan fingerprint density at radius 1 is 1.27 bits per heavy atom. The average Bonchev–Trinajstić information content (AvgIpc) is 2.93. The molecule has 1 heterocycles. The standard InChI is InChI=1S/C14H18N4O2S2/c1-22(19,20)15-10-5-11-21-14-16-13(17-18-14)9-8-12-6-3-2-4-7-12/h2-4,6-9,15H,5,10-11H2,1H3,(H,16,17,18). The zero-order valence-corrected chi connectivity index (χ0v) is 13.8. The van der Waals surface area contributed by atoms with Crippen LogP contribution in [0.1, 0.15) is 17.8 Å². The molecule has 0 spiro atoms. The lowest BCUT2D eigenvalue weighted by molar-refractivity contribution is 0.587. The van der Waals surface area contributed by atoms with E-state index >= 15 is 0 Å². The Hall–Kier alpha value is -1.64. The lowest BCUT2D eigenvalue weighted by Crippen LogP contribution is -2.23. The lowest BCUT2D eigenvalue weighted by Gasteiger charge is -2.00. The zero-order valence-electron chi connectivity index (χ0n) is 12.2. The Balaban J connectivity index is 1.76. The highest BCUT2D eigenvalue weighted by atomic mass is 32.2. The van der Waals surface area contributed by atoms with Gasteiger partial charge in [0.2, 0.25) is 15.2 Å². The summed E-state index contributed by atoms with van der Waals surface area (Å²) in [6.07, 6.45) is 5.71. The molecule has 1 aromatic heterocycles. The van der Waals surface area contributed by atoms with Gasteiger partial charge in [0.15, 0.2) is 0 Å². The second-order valence-electron chi connectivity index (χ2n) is 4.62. The van der Waals surface area contributed by atoms with Gasteiger partial charge in [0.1, 0.15) is 5.82 Å². The van der Waals surface area contributed by atoms with Crippen LogP contribution in [0, 0.1) is 0 Å². The van der Waals surface area contributed by atoms with Crippen molar-refractivity contribution in [3.8, 4) is 0 Å². The summed E-state index contributed by atoms with van der Waals surface area (Å²) in [6.45, 7) is 0.428. The van der Waals surface area contributed by atoms with E-state index in [1.54, 1.807) is 0 Å². The minimum absolute atomic E-state index is 0.428. The number of benzene rings is 1. The van der Waals surface area contributed by atoms with Crippen LogP contribution in [0.3, 0.4) is 0 Å². The van der Waals surface area contributed by atoms with Crippen LogP contribution in [0.4, 0.5) is 0 Å². The van der Waals surface area contributed by atoms with Crippen molar-refractivity contribution < 1.29 is 8.42 Å². The predicted molar refractivity (Wildman–Crippen MR) is 89.9 cm³/mol. The first-order chi connectivity index (χ1) is 10.5. The highest BCUT2D eigenvalue weighted by Crippen LogP contribution is 2.14. The Bertz CT molecular complexity index is 711. The third-order valence-corrected chi connectivity index (χ3v) is 4.29. The maximum Gasteiger partial charge on any atom is 0.208 e. The van der Waals surface area contributed by atoms with Gasteiger partial charge in [0.25, 0.3) is 0 Å². The summed E-state index contributed by atoms with van der Waals surface area (Å²) in [7, 11) is -3.10. The first-order valence-electron chi connectivity index (χ1n) is 6.76. The maximum atomic E-state index is 10.9. The third kappa shape index (κ3) is 6.42. The molecule has 118 valence electrons. The number of hydrogen-bond acceptors (Lipinski definition) is 5. The molecule has 0 aliphatic carbocycles. The highest BCUT2D eigenvalue weighted by molar-refractivity contribution is 7.99. The van der Waals surface area contributed by atoms with Gasteiger partial charge in [0, 0.05) is 12.3 Å². The summed E-state index contributed by atoms with van der Waals surface area (Å²) < 4.78 is 24.3. The molecule has 2 N–H and O–H groups in total. The van der Waals surface area contributed by atoms with Crippen molar-refractivity contribution in [1.82, 2.24) is 19.9 Å². The molecule has 0 saturated heterocycles. The summed E-state index contributed by atoms with van der Waals surface area (Å²) in [5, 5.41) is 7.63. The highest BCUT2D eigenvalue weighted by Gasteiger charge is 2.03. The molecule has 2 rings (SSSR count). The van der Waals surface area contributed by atoms with Gasteiger partial charge in [-0.25, -0.2) is 18.1 Å². The number of hydrogen-bond donors (Lipinski definition) is 2. The van der Waals surface area contributed by atoms with E-state index in [-0.39, 0.29) is 0 Å². The summed E-state index contributed by atoms with van der Waals surface area (Å²) in [5.74, 6) is 1.45. The van der Waals surface area contributed by atoms with Crippen LogP contribution in [0.25, 0.3) is 12.2 Å². The normalized spacial score (nSPS) is 12.0. The molecular weight excluding hydrogens is 320 g/mol. The molecule has 6 nitrogen and oxygen atoms in total. The van der Waals surface area contributed by atoms with E-state index in [4.69, 9.17) is 0 Å². The van der Waals surface area contributed by atoms with Crippen molar-refractivity contribution in [2.45, 2.75) is 11.6 Å². The molecule has 22 heavy (non-hydrogen) atoms. The number of rotatable bonds is 8. The fourth-order valence-electron chi connectivity index (χ4n) is 1.63. The second-order valence-corrected chi connectivity index (χ2v) is 7.51. The first-order valence-corrected chi connectivity index (χ1v) is 9.63. The molecule has 0 aliphatic heterocycles. The van der Waals surface area contributed by atoms with Crippen LogP contribution in [0.2, 0.25) is 0 Å². The van der Waals surface area contributed by atoms with Crippen molar-refractivity contribution in [2.24, 2.45) is 0 Å². The molecule has 0 aliphatic rings. The van der Waals surface area contributed by atoms with Crippen LogP contribution in [-0.4, -0.2) is 42.2 Å². The van der Waals surface area contributed by atoms with E-state index in [1.807, 2.05) is 42.5 Å². The molecule has 1 aromatic carbocycles.